The summed E-state index contributed by atoms with van der Waals surface area (Å²) in [5, 5.41) is 23.6. The van der Waals surface area contributed by atoms with Gasteiger partial charge < -0.3 is 19.7 Å². The highest BCUT2D eigenvalue weighted by Gasteiger charge is 2.72. The van der Waals surface area contributed by atoms with Gasteiger partial charge in [0.25, 0.3) is 0 Å². The van der Waals surface area contributed by atoms with E-state index in [9.17, 15) is 24.6 Å². The number of esters is 2. The molecule has 284 valence electrons. The van der Waals surface area contributed by atoms with E-state index in [1.165, 1.54) is 11.6 Å². The fourth-order valence-corrected chi connectivity index (χ4v) is 12.9. The summed E-state index contributed by atoms with van der Waals surface area (Å²) < 4.78 is 12.6. The number of rotatable bonds is 6. The minimum atomic E-state index is -1.12. The maximum Gasteiger partial charge on any atom is 0.338 e. The number of ether oxygens (including phenoxy) is 2. The number of aliphatic hydroxyl groups is 1. The van der Waals surface area contributed by atoms with Crippen LogP contribution in [0.2, 0.25) is 0 Å². The van der Waals surface area contributed by atoms with Crippen LogP contribution in [0.25, 0.3) is 6.08 Å². The lowest BCUT2D eigenvalue weighted by Crippen LogP contribution is -2.72. The fourth-order valence-electron chi connectivity index (χ4n) is 12.9. The topological polar surface area (TPSA) is 110 Å². The van der Waals surface area contributed by atoms with Gasteiger partial charge in [-0.2, -0.15) is 0 Å². The number of aliphatic hydroxyl groups excluding tert-OH is 1. The van der Waals surface area contributed by atoms with Gasteiger partial charge in [-0.15, -0.1) is 0 Å². The number of aliphatic carboxylic acids is 1. The zero-order valence-corrected chi connectivity index (χ0v) is 32.6. The van der Waals surface area contributed by atoms with Crippen molar-refractivity contribution in [3.8, 4) is 0 Å². The molecule has 0 aromatic heterocycles. The maximum absolute atomic E-state index is 13.8. The Balaban J connectivity index is 1.27. The third-order valence-corrected chi connectivity index (χ3v) is 15.5. The first kappa shape index (κ1) is 37.6. The molecule has 0 radical (unpaired) electrons. The van der Waals surface area contributed by atoms with Crippen LogP contribution in [0.4, 0.5) is 0 Å². The van der Waals surface area contributed by atoms with Gasteiger partial charge in [-0.1, -0.05) is 109 Å². The van der Waals surface area contributed by atoms with E-state index in [2.05, 4.69) is 54.5 Å². The maximum atomic E-state index is 13.8. The first-order valence-electron chi connectivity index (χ1n) is 19.7. The Hall–Kier alpha value is -3.71. The molecule has 7 nitrogen and oxygen atoms in total. The molecule has 0 spiro atoms. The van der Waals surface area contributed by atoms with Crippen molar-refractivity contribution < 1.29 is 34.1 Å². The standard InChI is InChI=1S/C46H58O7/c1-41(2)26-27-46(40(50)51)25-22-32-43(5)23-20-31-42(3,4)38(52-35(47)19-18-29-14-10-8-11-15-29)36(53-39(49)30-16-12-9-13-17-30)37(48)45(31,7)33(43)21-24-44(32,6)34(46)28-41/h8-19,22,31,33-34,36-38,48H,20-21,23-28H2,1-7H3,(H,50,51)/b19-18+/t31?,33?,34?,36-,37?,38+,43+,44-,45+,46-/m1/s1. The van der Waals surface area contributed by atoms with Crippen molar-refractivity contribution in [1.29, 1.82) is 0 Å². The Morgan fingerprint density at radius 3 is 2.00 bits per heavy atom. The van der Waals surface area contributed by atoms with Crippen LogP contribution in [0.15, 0.2) is 78.4 Å². The average molecular weight is 723 g/mol. The molecule has 0 aliphatic heterocycles. The third-order valence-electron chi connectivity index (χ3n) is 15.5. The lowest BCUT2D eigenvalue weighted by molar-refractivity contribution is -0.272. The van der Waals surface area contributed by atoms with E-state index in [1.54, 1.807) is 30.3 Å². The van der Waals surface area contributed by atoms with Crippen molar-refractivity contribution in [2.75, 3.05) is 0 Å². The zero-order valence-electron chi connectivity index (χ0n) is 32.6. The van der Waals surface area contributed by atoms with Crippen LogP contribution in [0, 0.1) is 50.2 Å². The Morgan fingerprint density at radius 2 is 1.36 bits per heavy atom. The molecule has 0 saturated heterocycles. The summed E-state index contributed by atoms with van der Waals surface area (Å²) >= 11 is 0. The third kappa shape index (κ3) is 5.82. The number of hydrogen-bond donors (Lipinski definition) is 2. The Labute approximate surface area is 315 Å². The SMILES string of the molecule is CC1(C)CC[C@]2(C(=O)O)CC=C3[C@]4(C)CCC5C(C)(C)[C@@H](OC(=O)/C=C/c6ccccc6)[C@H](OC(=O)c6ccccc6)C(O)[C@]5(C)C4CC[C@@]3(C)C2C1. The van der Waals surface area contributed by atoms with Gasteiger partial charge in [0.1, 0.15) is 12.2 Å². The summed E-state index contributed by atoms with van der Waals surface area (Å²) in [6.45, 7) is 15.7. The Kier molecular flexibility index (Phi) is 9.19. The molecule has 7 heteroatoms. The number of benzene rings is 2. The van der Waals surface area contributed by atoms with E-state index in [-0.39, 0.29) is 34.0 Å². The van der Waals surface area contributed by atoms with E-state index in [4.69, 9.17) is 9.47 Å². The lowest BCUT2D eigenvalue weighted by Gasteiger charge is -2.71. The van der Waals surface area contributed by atoms with Crippen LogP contribution in [0.1, 0.15) is 116 Å². The molecule has 2 aromatic carbocycles. The van der Waals surface area contributed by atoms with Gasteiger partial charge in [0, 0.05) is 16.9 Å². The molecule has 0 amide bonds. The summed E-state index contributed by atoms with van der Waals surface area (Å²) in [6.07, 6.45) is 8.64. The molecular formula is C46H58O7. The second-order valence-corrected chi connectivity index (χ2v) is 19.2. The van der Waals surface area contributed by atoms with E-state index >= 15 is 0 Å². The number of hydrogen-bond acceptors (Lipinski definition) is 6. The molecule has 4 unspecified atom stereocenters. The molecule has 4 fully saturated rings. The monoisotopic (exact) mass is 722 g/mol. The summed E-state index contributed by atoms with van der Waals surface area (Å²) in [4.78, 5) is 40.5. The molecule has 5 aliphatic carbocycles. The minimum Gasteiger partial charge on any atom is -0.481 e. The number of allylic oxidation sites excluding steroid dienone is 2. The van der Waals surface area contributed by atoms with E-state index in [0.717, 1.165) is 44.1 Å². The predicted octanol–water partition coefficient (Wildman–Crippen LogP) is 9.30. The van der Waals surface area contributed by atoms with Crippen LogP contribution in [0.3, 0.4) is 0 Å². The lowest BCUT2D eigenvalue weighted by atomic mass is 9.34. The number of carboxylic acid groups (broad SMARTS) is 1. The molecule has 2 N–H and O–H groups in total. The van der Waals surface area contributed by atoms with Crippen LogP contribution >= 0.6 is 0 Å². The Morgan fingerprint density at radius 1 is 0.755 bits per heavy atom. The molecule has 4 saturated carbocycles. The number of carbonyl (C=O) groups is 3. The van der Waals surface area contributed by atoms with Crippen LogP contribution in [-0.2, 0) is 19.1 Å². The van der Waals surface area contributed by atoms with Gasteiger partial charge in [0.05, 0.1) is 11.0 Å². The number of fused-ring (bicyclic) bond motifs is 7. The van der Waals surface area contributed by atoms with Gasteiger partial charge in [-0.3, -0.25) is 4.79 Å². The summed E-state index contributed by atoms with van der Waals surface area (Å²) in [5.74, 6) is -1.77. The molecular weight excluding hydrogens is 664 g/mol. The van der Waals surface area contributed by atoms with E-state index in [0.29, 0.717) is 18.4 Å². The van der Waals surface area contributed by atoms with Crippen molar-refractivity contribution in [2.45, 2.75) is 118 Å². The van der Waals surface area contributed by atoms with Crippen molar-refractivity contribution in [3.63, 3.8) is 0 Å². The van der Waals surface area contributed by atoms with Crippen molar-refractivity contribution in [2.24, 2.45) is 50.2 Å². The van der Waals surface area contributed by atoms with Crippen molar-refractivity contribution >= 4 is 24.0 Å². The Bertz CT molecular complexity index is 1810. The summed E-state index contributed by atoms with van der Waals surface area (Å²) in [5.41, 5.74) is -0.0359. The highest BCUT2D eigenvalue weighted by Crippen LogP contribution is 2.75. The van der Waals surface area contributed by atoms with Gasteiger partial charge in [-0.25, -0.2) is 9.59 Å². The van der Waals surface area contributed by atoms with E-state index < -0.39 is 52.5 Å². The first-order chi connectivity index (χ1) is 24.9. The second kappa shape index (κ2) is 13.0. The minimum absolute atomic E-state index is 0.0274. The number of carbonyl (C=O) groups excluding carboxylic acids is 2. The normalized spacial score (nSPS) is 39.7. The van der Waals surface area contributed by atoms with E-state index in [1.807, 2.05) is 36.4 Å². The van der Waals surface area contributed by atoms with Crippen molar-refractivity contribution in [1.82, 2.24) is 0 Å². The smallest absolute Gasteiger partial charge is 0.338 e. The van der Waals surface area contributed by atoms with Crippen molar-refractivity contribution in [3.05, 3.63) is 89.5 Å². The van der Waals surface area contributed by atoms with Gasteiger partial charge in [0.2, 0.25) is 0 Å². The first-order valence-corrected chi connectivity index (χ1v) is 19.7. The molecule has 0 heterocycles. The van der Waals surface area contributed by atoms with Crippen LogP contribution < -0.4 is 0 Å². The summed E-state index contributed by atoms with van der Waals surface area (Å²) in [7, 11) is 0. The molecule has 10 atom stereocenters. The largest absolute Gasteiger partial charge is 0.481 e. The molecule has 7 rings (SSSR count). The highest BCUT2D eigenvalue weighted by atomic mass is 16.6. The number of carboxylic acids is 1. The molecule has 5 aliphatic rings. The summed E-state index contributed by atoms with van der Waals surface area (Å²) in [6, 6.07) is 18.3. The zero-order chi connectivity index (χ0) is 38.2. The predicted molar refractivity (Wildman–Crippen MR) is 204 cm³/mol. The van der Waals surface area contributed by atoms with Gasteiger partial charge >= 0.3 is 17.9 Å². The van der Waals surface area contributed by atoms with Gasteiger partial charge in [-0.05, 0) is 109 Å². The molecule has 53 heavy (non-hydrogen) atoms. The highest BCUT2D eigenvalue weighted by molar-refractivity contribution is 5.90. The molecule has 0 bridgehead atoms. The quantitative estimate of drug-likeness (QED) is 0.174. The average Bonchev–Trinajstić information content (AvgIpc) is 3.11. The van der Waals surface area contributed by atoms with Gasteiger partial charge in [0.15, 0.2) is 6.10 Å². The van der Waals surface area contributed by atoms with Crippen LogP contribution in [0.5, 0.6) is 0 Å². The fraction of sp³-hybridized carbons (Fsp3) is 0.587. The van der Waals surface area contributed by atoms with Crippen LogP contribution in [-0.4, -0.2) is 46.4 Å². The molecule has 2 aromatic rings. The second-order valence-electron chi connectivity index (χ2n) is 19.2.